The molecule has 3 aromatic rings. The standard InChI is InChI=1S/C25H26F3N3O/c1-16-29-8-9-31(16)23-10-18-14-30(13-17-6-7-20(26)12-22(17)28)15-19(18)11-25(23)32-24-5-3-2-4-21(24)27/h2-9,12,18-19,23,25H,10-11,13-15H2,1H3/t18-,19+,23-,25-/m0/s1. The third kappa shape index (κ3) is 4.13. The van der Waals surface area contributed by atoms with Crippen molar-refractivity contribution in [2.75, 3.05) is 13.1 Å². The molecule has 1 aliphatic carbocycles. The quantitative estimate of drug-likeness (QED) is 0.549. The SMILES string of the molecule is Cc1nccn1[C@H]1C[C@H]2CN(Cc3ccc(F)cc3F)C[C@H]2C[C@@H]1Oc1ccccc1F. The van der Waals surface area contributed by atoms with E-state index in [4.69, 9.17) is 4.74 Å². The van der Waals surface area contributed by atoms with Crippen molar-refractivity contribution < 1.29 is 17.9 Å². The number of imidazole rings is 1. The molecule has 1 aromatic heterocycles. The lowest BCUT2D eigenvalue weighted by Gasteiger charge is -2.39. The maximum atomic E-state index is 14.3. The average Bonchev–Trinajstić information content (AvgIpc) is 3.36. The maximum absolute atomic E-state index is 14.3. The molecule has 0 N–H and O–H groups in total. The first-order chi connectivity index (χ1) is 15.5. The lowest BCUT2D eigenvalue weighted by atomic mass is 9.77. The van der Waals surface area contributed by atoms with Crippen LogP contribution in [0.5, 0.6) is 5.75 Å². The highest BCUT2D eigenvalue weighted by Gasteiger charge is 2.44. The van der Waals surface area contributed by atoms with Crippen LogP contribution in [-0.2, 0) is 6.54 Å². The van der Waals surface area contributed by atoms with Gasteiger partial charge in [0, 0.05) is 43.7 Å². The molecule has 0 spiro atoms. The number of fused-ring (bicyclic) bond motifs is 1. The van der Waals surface area contributed by atoms with E-state index < -0.39 is 11.6 Å². The van der Waals surface area contributed by atoms with Crippen LogP contribution in [0, 0.1) is 36.2 Å². The minimum Gasteiger partial charge on any atom is -0.485 e. The fraction of sp³-hybridized carbons (Fsp3) is 0.400. The first-order valence-electron chi connectivity index (χ1n) is 11.0. The summed E-state index contributed by atoms with van der Waals surface area (Å²) < 4.78 is 50.1. The Balaban J connectivity index is 1.36. The molecule has 2 aliphatic rings. The van der Waals surface area contributed by atoms with Crippen molar-refractivity contribution in [1.82, 2.24) is 14.5 Å². The number of para-hydroxylation sites is 1. The highest BCUT2D eigenvalue weighted by molar-refractivity contribution is 5.24. The van der Waals surface area contributed by atoms with Crippen LogP contribution in [0.2, 0.25) is 0 Å². The summed E-state index contributed by atoms with van der Waals surface area (Å²) in [4.78, 5) is 6.61. The fourth-order valence-corrected chi connectivity index (χ4v) is 5.37. The fourth-order valence-electron chi connectivity index (χ4n) is 5.37. The Morgan fingerprint density at radius 2 is 1.78 bits per heavy atom. The summed E-state index contributed by atoms with van der Waals surface area (Å²) in [6, 6.07) is 10.3. The molecule has 4 atom stereocenters. The van der Waals surface area contributed by atoms with Crippen molar-refractivity contribution in [3.05, 3.63) is 83.7 Å². The van der Waals surface area contributed by atoms with Crippen LogP contribution in [0.3, 0.4) is 0 Å². The number of ether oxygens (including phenoxy) is 1. The number of hydrogen-bond donors (Lipinski definition) is 0. The molecule has 168 valence electrons. The molecule has 1 aliphatic heterocycles. The van der Waals surface area contributed by atoms with Crippen LogP contribution in [-0.4, -0.2) is 33.6 Å². The summed E-state index contributed by atoms with van der Waals surface area (Å²) in [5, 5.41) is 0. The molecule has 2 fully saturated rings. The zero-order valence-corrected chi connectivity index (χ0v) is 17.9. The molecule has 32 heavy (non-hydrogen) atoms. The Morgan fingerprint density at radius 3 is 2.50 bits per heavy atom. The van der Waals surface area contributed by atoms with Gasteiger partial charge in [-0.1, -0.05) is 18.2 Å². The van der Waals surface area contributed by atoms with Crippen LogP contribution in [0.1, 0.15) is 30.3 Å². The van der Waals surface area contributed by atoms with Gasteiger partial charge in [0.15, 0.2) is 11.6 Å². The highest BCUT2D eigenvalue weighted by atomic mass is 19.1. The minimum absolute atomic E-state index is 0.0425. The molecule has 4 nitrogen and oxygen atoms in total. The largest absolute Gasteiger partial charge is 0.485 e. The van der Waals surface area contributed by atoms with Gasteiger partial charge in [0.1, 0.15) is 23.6 Å². The number of hydrogen-bond acceptors (Lipinski definition) is 3. The van der Waals surface area contributed by atoms with Gasteiger partial charge in [-0.25, -0.2) is 18.2 Å². The number of halogens is 3. The van der Waals surface area contributed by atoms with Gasteiger partial charge >= 0.3 is 0 Å². The number of rotatable bonds is 5. The smallest absolute Gasteiger partial charge is 0.165 e. The minimum atomic E-state index is -0.562. The van der Waals surface area contributed by atoms with E-state index in [0.29, 0.717) is 23.9 Å². The van der Waals surface area contributed by atoms with Gasteiger partial charge in [0.25, 0.3) is 0 Å². The van der Waals surface area contributed by atoms with Crippen molar-refractivity contribution in [2.45, 2.75) is 38.5 Å². The van der Waals surface area contributed by atoms with Gasteiger partial charge in [-0.2, -0.15) is 0 Å². The van der Waals surface area contributed by atoms with E-state index in [1.54, 1.807) is 24.4 Å². The van der Waals surface area contributed by atoms with Gasteiger partial charge in [-0.15, -0.1) is 0 Å². The summed E-state index contributed by atoms with van der Waals surface area (Å²) >= 11 is 0. The van der Waals surface area contributed by atoms with Crippen LogP contribution >= 0.6 is 0 Å². The first-order valence-corrected chi connectivity index (χ1v) is 11.0. The van der Waals surface area contributed by atoms with E-state index in [1.807, 2.05) is 13.1 Å². The third-order valence-corrected chi connectivity index (χ3v) is 6.90. The molecule has 2 heterocycles. The summed E-state index contributed by atoms with van der Waals surface area (Å²) in [7, 11) is 0. The Hall–Kier alpha value is -2.80. The second-order valence-corrected chi connectivity index (χ2v) is 8.96. The first kappa shape index (κ1) is 21.1. The zero-order chi connectivity index (χ0) is 22.2. The summed E-state index contributed by atoms with van der Waals surface area (Å²) in [6.45, 7) is 4.07. The van der Waals surface area contributed by atoms with Gasteiger partial charge in [0.2, 0.25) is 0 Å². The Labute approximate surface area is 185 Å². The number of benzene rings is 2. The van der Waals surface area contributed by atoms with Crippen LogP contribution in [0.15, 0.2) is 54.9 Å². The summed E-state index contributed by atoms with van der Waals surface area (Å²) in [5.74, 6) is 0.526. The van der Waals surface area contributed by atoms with Gasteiger partial charge in [-0.05, 0) is 49.8 Å². The van der Waals surface area contributed by atoms with Crippen molar-refractivity contribution in [1.29, 1.82) is 0 Å². The predicted molar refractivity (Wildman–Crippen MR) is 115 cm³/mol. The van der Waals surface area contributed by atoms with E-state index in [-0.39, 0.29) is 23.7 Å². The molecule has 1 saturated carbocycles. The Kier molecular flexibility index (Phi) is 5.67. The number of nitrogens with zero attached hydrogens (tertiary/aromatic N) is 3. The number of aromatic nitrogens is 2. The van der Waals surface area contributed by atoms with E-state index in [9.17, 15) is 13.2 Å². The predicted octanol–water partition coefficient (Wildman–Crippen LogP) is 5.14. The molecule has 0 unspecified atom stereocenters. The molecule has 7 heteroatoms. The number of aryl methyl sites for hydroxylation is 1. The van der Waals surface area contributed by atoms with E-state index in [0.717, 1.165) is 37.8 Å². The second kappa shape index (κ2) is 8.62. The molecule has 2 aromatic carbocycles. The van der Waals surface area contributed by atoms with E-state index in [1.165, 1.54) is 18.2 Å². The maximum Gasteiger partial charge on any atom is 0.165 e. The molecule has 1 saturated heterocycles. The highest BCUT2D eigenvalue weighted by Crippen LogP contribution is 2.43. The van der Waals surface area contributed by atoms with E-state index in [2.05, 4.69) is 14.5 Å². The average molecular weight is 441 g/mol. The summed E-state index contributed by atoms with van der Waals surface area (Å²) in [5.41, 5.74) is 0.506. The van der Waals surface area contributed by atoms with Gasteiger partial charge < -0.3 is 9.30 Å². The molecule has 0 bridgehead atoms. The topological polar surface area (TPSA) is 30.3 Å². The number of likely N-dealkylation sites (tertiary alicyclic amines) is 1. The van der Waals surface area contributed by atoms with Crippen LogP contribution in [0.25, 0.3) is 0 Å². The summed E-state index contributed by atoms with van der Waals surface area (Å²) in [6.07, 6.45) is 5.20. The van der Waals surface area contributed by atoms with Crippen molar-refractivity contribution in [3.8, 4) is 5.75 Å². The molecular weight excluding hydrogens is 415 g/mol. The van der Waals surface area contributed by atoms with Crippen molar-refractivity contribution >= 4 is 0 Å². The van der Waals surface area contributed by atoms with E-state index >= 15 is 0 Å². The van der Waals surface area contributed by atoms with Gasteiger partial charge in [-0.3, -0.25) is 4.90 Å². The Bertz CT molecular complexity index is 1100. The monoisotopic (exact) mass is 441 g/mol. The van der Waals surface area contributed by atoms with Crippen LogP contribution < -0.4 is 4.74 Å². The molecule has 0 amide bonds. The lowest BCUT2D eigenvalue weighted by molar-refractivity contribution is 0.0509. The van der Waals surface area contributed by atoms with Gasteiger partial charge in [0.05, 0.1) is 6.04 Å². The van der Waals surface area contributed by atoms with Crippen molar-refractivity contribution in [2.24, 2.45) is 11.8 Å². The van der Waals surface area contributed by atoms with Crippen LogP contribution in [0.4, 0.5) is 13.2 Å². The second-order valence-electron chi connectivity index (χ2n) is 8.96. The molecular formula is C25H26F3N3O. The molecule has 0 radical (unpaired) electrons. The van der Waals surface area contributed by atoms with Crippen molar-refractivity contribution in [3.63, 3.8) is 0 Å². The Morgan fingerprint density at radius 1 is 1.00 bits per heavy atom. The lowest BCUT2D eigenvalue weighted by Crippen LogP contribution is -2.40. The third-order valence-electron chi connectivity index (χ3n) is 6.90. The molecule has 5 rings (SSSR count). The normalized spacial score (nSPS) is 25.6. The zero-order valence-electron chi connectivity index (χ0n) is 17.9.